The molecule has 0 N–H and O–H groups in total. The van der Waals surface area contributed by atoms with Crippen molar-refractivity contribution >= 4 is 11.5 Å². The molecule has 4 heterocycles. The lowest BCUT2D eigenvalue weighted by molar-refractivity contribution is 0.491. The van der Waals surface area contributed by atoms with Gasteiger partial charge in [-0.15, -0.1) is 10.2 Å². The molecule has 0 saturated carbocycles. The summed E-state index contributed by atoms with van der Waals surface area (Å²) in [4.78, 5) is 10.9. The van der Waals surface area contributed by atoms with Gasteiger partial charge in [-0.25, -0.2) is 9.97 Å². The van der Waals surface area contributed by atoms with Crippen molar-refractivity contribution in [2.75, 3.05) is 18.0 Å². The fourth-order valence-electron chi connectivity index (χ4n) is 2.95. The van der Waals surface area contributed by atoms with Crippen LogP contribution < -0.4 is 4.90 Å². The summed E-state index contributed by atoms with van der Waals surface area (Å²) in [5.74, 6) is 2.47. The molecule has 112 valence electrons. The molecular formula is C16H18N6. The van der Waals surface area contributed by atoms with Crippen LogP contribution in [0.4, 0.5) is 5.82 Å². The molecule has 0 aromatic carbocycles. The van der Waals surface area contributed by atoms with E-state index < -0.39 is 0 Å². The van der Waals surface area contributed by atoms with Crippen LogP contribution in [0.2, 0.25) is 0 Å². The Labute approximate surface area is 128 Å². The molecule has 0 unspecified atom stereocenters. The highest BCUT2D eigenvalue weighted by Crippen LogP contribution is 2.31. The molecule has 1 aliphatic heterocycles. The first-order valence-corrected chi connectivity index (χ1v) is 7.48. The summed E-state index contributed by atoms with van der Waals surface area (Å²) in [5, 5.41) is 8.64. The highest BCUT2D eigenvalue weighted by atomic mass is 15.3. The average molecular weight is 294 g/mol. The van der Waals surface area contributed by atoms with Gasteiger partial charge in [0.25, 0.3) is 0 Å². The van der Waals surface area contributed by atoms with Crippen LogP contribution in [0.1, 0.15) is 28.6 Å². The lowest BCUT2D eigenvalue weighted by Crippen LogP contribution is -2.46. The fourth-order valence-corrected chi connectivity index (χ4v) is 2.95. The highest BCUT2D eigenvalue weighted by Gasteiger charge is 2.33. The summed E-state index contributed by atoms with van der Waals surface area (Å²) >= 11 is 0. The van der Waals surface area contributed by atoms with E-state index in [4.69, 9.17) is 0 Å². The second-order valence-electron chi connectivity index (χ2n) is 6.00. The smallest absolute Gasteiger partial charge is 0.160 e. The van der Waals surface area contributed by atoms with E-state index in [1.165, 1.54) is 5.56 Å². The lowest BCUT2D eigenvalue weighted by atomic mass is 9.98. The monoisotopic (exact) mass is 294 g/mol. The van der Waals surface area contributed by atoms with Crippen LogP contribution in [-0.4, -0.2) is 37.7 Å². The summed E-state index contributed by atoms with van der Waals surface area (Å²) in [5.41, 5.74) is 4.32. The minimum atomic E-state index is 0.395. The molecule has 6 heteroatoms. The molecule has 0 atom stereocenters. The summed E-state index contributed by atoms with van der Waals surface area (Å²) in [6, 6.07) is 4.08. The summed E-state index contributed by atoms with van der Waals surface area (Å²) < 4.78 is 2.11. The molecule has 22 heavy (non-hydrogen) atoms. The van der Waals surface area contributed by atoms with E-state index in [-0.39, 0.29) is 0 Å². The third kappa shape index (κ3) is 1.94. The zero-order valence-corrected chi connectivity index (χ0v) is 13.0. The first-order chi connectivity index (χ1) is 10.6. The third-order valence-corrected chi connectivity index (χ3v) is 4.43. The van der Waals surface area contributed by atoms with Gasteiger partial charge in [-0.1, -0.05) is 6.07 Å². The Hall–Kier alpha value is -2.50. The molecule has 1 aliphatic rings. The molecule has 1 saturated heterocycles. The number of anilines is 1. The Bertz CT molecular complexity index is 847. The van der Waals surface area contributed by atoms with Crippen LogP contribution in [-0.2, 0) is 0 Å². The van der Waals surface area contributed by atoms with Crippen LogP contribution >= 0.6 is 0 Å². The van der Waals surface area contributed by atoms with Gasteiger partial charge < -0.3 is 4.90 Å². The minimum absolute atomic E-state index is 0.395. The van der Waals surface area contributed by atoms with Crippen LogP contribution in [0.25, 0.3) is 5.65 Å². The normalized spacial score (nSPS) is 15.3. The maximum Gasteiger partial charge on any atom is 0.160 e. The first kappa shape index (κ1) is 13.2. The molecule has 6 nitrogen and oxygen atoms in total. The quantitative estimate of drug-likeness (QED) is 0.724. The fraction of sp³-hybridized carbons (Fsp3) is 0.375. The van der Waals surface area contributed by atoms with Gasteiger partial charge in [-0.05, 0) is 32.4 Å². The number of aromatic nitrogens is 5. The molecule has 3 aromatic heterocycles. The maximum atomic E-state index is 4.43. The predicted molar refractivity (Wildman–Crippen MR) is 84.2 cm³/mol. The largest absolute Gasteiger partial charge is 0.355 e. The minimum Gasteiger partial charge on any atom is -0.355 e. The van der Waals surface area contributed by atoms with Crippen LogP contribution in [0.5, 0.6) is 0 Å². The van der Waals surface area contributed by atoms with Crippen LogP contribution in [0.15, 0.2) is 24.7 Å². The van der Waals surface area contributed by atoms with E-state index in [1.54, 1.807) is 6.33 Å². The lowest BCUT2D eigenvalue weighted by Gasteiger charge is -2.39. The average Bonchev–Trinajstić information content (AvgIpc) is 2.85. The third-order valence-electron chi connectivity index (χ3n) is 4.43. The van der Waals surface area contributed by atoms with Crippen molar-refractivity contribution in [2.24, 2.45) is 0 Å². The van der Waals surface area contributed by atoms with Crippen molar-refractivity contribution in [3.8, 4) is 0 Å². The number of nitrogens with zero attached hydrogens (tertiary/aromatic N) is 6. The van der Waals surface area contributed by atoms with Gasteiger partial charge in [-0.3, -0.25) is 4.40 Å². The van der Waals surface area contributed by atoms with Gasteiger partial charge in [0.05, 0.1) is 5.92 Å². The van der Waals surface area contributed by atoms with Crippen molar-refractivity contribution < 1.29 is 0 Å². The highest BCUT2D eigenvalue weighted by molar-refractivity contribution is 5.51. The number of fused-ring (bicyclic) bond motifs is 1. The summed E-state index contributed by atoms with van der Waals surface area (Å²) in [7, 11) is 0. The zero-order valence-electron chi connectivity index (χ0n) is 13.0. The molecule has 3 aromatic rings. The Morgan fingerprint density at radius 2 is 1.86 bits per heavy atom. The predicted octanol–water partition coefficient (Wildman–Crippen LogP) is 2.05. The van der Waals surface area contributed by atoms with E-state index in [0.717, 1.165) is 41.6 Å². The maximum absolute atomic E-state index is 4.43. The summed E-state index contributed by atoms with van der Waals surface area (Å²) in [6.07, 6.45) is 3.74. The molecule has 1 fully saturated rings. The van der Waals surface area contributed by atoms with E-state index in [0.29, 0.717) is 5.92 Å². The zero-order chi connectivity index (χ0) is 15.3. The summed E-state index contributed by atoms with van der Waals surface area (Å²) in [6.45, 7) is 8.03. The SMILES string of the molecule is Cc1ccc2nnc(C3CN(c4ncnc(C)c4C)C3)n2c1. The first-order valence-electron chi connectivity index (χ1n) is 7.48. The van der Waals surface area contributed by atoms with Crippen molar-refractivity contribution in [2.45, 2.75) is 26.7 Å². The van der Waals surface area contributed by atoms with Crippen molar-refractivity contribution in [3.05, 3.63) is 47.3 Å². The second-order valence-corrected chi connectivity index (χ2v) is 6.00. The topological polar surface area (TPSA) is 59.2 Å². The Kier molecular flexibility index (Phi) is 2.85. The number of aryl methyl sites for hydroxylation is 2. The molecular weight excluding hydrogens is 276 g/mol. The Balaban J connectivity index is 1.60. The van der Waals surface area contributed by atoms with E-state index in [1.807, 2.05) is 13.0 Å². The number of rotatable bonds is 2. The van der Waals surface area contributed by atoms with Crippen molar-refractivity contribution in [1.82, 2.24) is 24.6 Å². The molecule has 0 bridgehead atoms. The molecule has 0 amide bonds. The Morgan fingerprint density at radius 3 is 2.68 bits per heavy atom. The van der Waals surface area contributed by atoms with Crippen molar-refractivity contribution in [3.63, 3.8) is 0 Å². The van der Waals surface area contributed by atoms with E-state index in [2.05, 4.69) is 55.6 Å². The van der Waals surface area contributed by atoms with Gasteiger partial charge in [0.1, 0.15) is 18.0 Å². The van der Waals surface area contributed by atoms with Crippen LogP contribution in [0.3, 0.4) is 0 Å². The van der Waals surface area contributed by atoms with Crippen molar-refractivity contribution in [1.29, 1.82) is 0 Å². The standard InChI is InChI=1S/C16H18N6/c1-10-4-5-14-19-20-16(22(14)6-10)13-7-21(8-13)15-11(2)12(3)17-9-18-15/h4-6,9,13H,7-8H2,1-3H3. The van der Waals surface area contributed by atoms with Gasteiger partial charge in [-0.2, -0.15) is 0 Å². The number of hydrogen-bond donors (Lipinski definition) is 0. The number of hydrogen-bond acceptors (Lipinski definition) is 5. The second kappa shape index (κ2) is 4.76. The van der Waals surface area contributed by atoms with Crippen LogP contribution in [0, 0.1) is 20.8 Å². The van der Waals surface area contributed by atoms with Gasteiger partial charge >= 0.3 is 0 Å². The molecule has 0 spiro atoms. The number of pyridine rings is 1. The van der Waals surface area contributed by atoms with E-state index in [9.17, 15) is 0 Å². The van der Waals surface area contributed by atoms with Gasteiger partial charge in [0.15, 0.2) is 5.65 Å². The van der Waals surface area contributed by atoms with Gasteiger partial charge in [0, 0.05) is 30.5 Å². The Morgan fingerprint density at radius 1 is 1.05 bits per heavy atom. The van der Waals surface area contributed by atoms with Gasteiger partial charge in [0.2, 0.25) is 0 Å². The van der Waals surface area contributed by atoms with E-state index >= 15 is 0 Å². The molecule has 0 radical (unpaired) electrons. The molecule has 0 aliphatic carbocycles. The molecule has 4 rings (SSSR count).